The molecule has 1 heteroatoms. The van der Waals surface area contributed by atoms with Crippen molar-refractivity contribution in [2.45, 2.75) is 6.92 Å². The first-order chi connectivity index (χ1) is 8.84. The standard InChI is InChI=1S/C13H11F/c1-10-7-8-12(9-13(10)14)11-5-3-2-4-6-11/h2-9H,1H3/i2D,3D,4D,5D,6D. The number of hydrogen-bond donors (Lipinski definition) is 0. The van der Waals surface area contributed by atoms with Crippen molar-refractivity contribution in [1.82, 2.24) is 0 Å². The lowest BCUT2D eigenvalue weighted by Crippen LogP contribution is -1.83. The second-order valence-electron chi connectivity index (χ2n) is 2.96. The normalized spacial score (nSPS) is 15.1. The second-order valence-corrected chi connectivity index (χ2v) is 2.96. The van der Waals surface area contributed by atoms with Crippen LogP contribution < -0.4 is 0 Å². The Balaban J connectivity index is 2.79. The van der Waals surface area contributed by atoms with Crippen LogP contribution in [0.4, 0.5) is 4.39 Å². The van der Waals surface area contributed by atoms with Gasteiger partial charge in [-0.15, -0.1) is 0 Å². The summed E-state index contributed by atoms with van der Waals surface area (Å²) >= 11 is 0. The van der Waals surface area contributed by atoms with E-state index in [4.69, 9.17) is 6.85 Å². The molecule has 0 spiro atoms. The van der Waals surface area contributed by atoms with Crippen LogP contribution in [0.2, 0.25) is 0 Å². The van der Waals surface area contributed by atoms with Crippen molar-refractivity contribution in [1.29, 1.82) is 0 Å². The van der Waals surface area contributed by atoms with Crippen molar-refractivity contribution >= 4 is 0 Å². The average molecular weight is 191 g/mol. The molecular weight excluding hydrogens is 175 g/mol. The zero-order valence-electron chi connectivity index (χ0n) is 12.6. The first-order valence-corrected chi connectivity index (χ1v) is 4.18. The molecule has 0 radical (unpaired) electrons. The zero-order valence-corrected chi connectivity index (χ0v) is 7.61. The van der Waals surface area contributed by atoms with Crippen LogP contribution in [0.5, 0.6) is 0 Å². The third-order valence-electron chi connectivity index (χ3n) is 1.96. The summed E-state index contributed by atoms with van der Waals surface area (Å²) in [5.74, 6) is -0.468. The highest BCUT2D eigenvalue weighted by molar-refractivity contribution is 5.63. The highest BCUT2D eigenvalue weighted by atomic mass is 19.1. The first-order valence-electron chi connectivity index (χ1n) is 6.68. The Kier molecular flexibility index (Phi) is 1.23. The van der Waals surface area contributed by atoms with Gasteiger partial charge in [-0.05, 0) is 29.7 Å². The van der Waals surface area contributed by atoms with E-state index in [0.29, 0.717) is 5.56 Å². The quantitative estimate of drug-likeness (QED) is 0.643. The summed E-state index contributed by atoms with van der Waals surface area (Å²) in [6.07, 6.45) is 0. The number of hydrogen-bond acceptors (Lipinski definition) is 0. The molecule has 70 valence electrons. The molecule has 0 heterocycles. The van der Waals surface area contributed by atoms with Gasteiger partial charge in [-0.1, -0.05) is 42.3 Å². The van der Waals surface area contributed by atoms with E-state index in [0.717, 1.165) is 0 Å². The fourth-order valence-corrected chi connectivity index (χ4v) is 1.14. The largest absolute Gasteiger partial charge is 0.207 e. The molecule has 0 nitrogen and oxygen atoms in total. The Labute approximate surface area is 90.0 Å². The van der Waals surface area contributed by atoms with Crippen LogP contribution in [0.3, 0.4) is 0 Å². The van der Waals surface area contributed by atoms with Crippen LogP contribution in [0.15, 0.2) is 48.4 Å². The van der Waals surface area contributed by atoms with Crippen molar-refractivity contribution in [2.75, 3.05) is 0 Å². The molecule has 2 rings (SSSR count). The Bertz CT molecular complexity index is 638. The molecule has 0 atom stereocenters. The Morgan fingerprint density at radius 2 is 1.79 bits per heavy atom. The van der Waals surface area contributed by atoms with E-state index in [9.17, 15) is 4.39 Å². The van der Waals surface area contributed by atoms with Crippen LogP contribution >= 0.6 is 0 Å². The molecule has 0 saturated heterocycles. The van der Waals surface area contributed by atoms with E-state index in [1.165, 1.54) is 12.1 Å². The van der Waals surface area contributed by atoms with Crippen molar-refractivity contribution < 1.29 is 11.2 Å². The maximum Gasteiger partial charge on any atom is 0.126 e. The molecule has 0 fully saturated rings. The van der Waals surface area contributed by atoms with E-state index >= 15 is 0 Å². The van der Waals surface area contributed by atoms with Crippen LogP contribution in [-0.2, 0) is 0 Å². The summed E-state index contributed by atoms with van der Waals surface area (Å²) in [7, 11) is 0. The Morgan fingerprint density at radius 1 is 1.07 bits per heavy atom. The monoisotopic (exact) mass is 191 g/mol. The van der Waals surface area contributed by atoms with Gasteiger partial charge in [0.25, 0.3) is 0 Å². The summed E-state index contributed by atoms with van der Waals surface area (Å²) in [5.41, 5.74) is 0.737. The van der Waals surface area contributed by atoms with Gasteiger partial charge in [0.15, 0.2) is 0 Å². The lowest BCUT2D eigenvalue weighted by molar-refractivity contribution is 0.619. The Hall–Kier alpha value is -1.63. The number of rotatable bonds is 1. The van der Waals surface area contributed by atoms with E-state index in [1.54, 1.807) is 13.0 Å². The van der Waals surface area contributed by atoms with Crippen molar-refractivity contribution in [3.05, 3.63) is 59.8 Å². The summed E-state index contributed by atoms with van der Waals surface area (Å²) in [6, 6.07) is 2.31. The summed E-state index contributed by atoms with van der Waals surface area (Å²) in [6.45, 7) is 1.60. The lowest BCUT2D eigenvalue weighted by Gasteiger charge is -2.02. The smallest absolute Gasteiger partial charge is 0.126 e. The molecule has 0 unspecified atom stereocenters. The van der Waals surface area contributed by atoms with E-state index in [2.05, 4.69) is 0 Å². The molecule has 0 aliphatic rings. The minimum atomic E-state index is -0.468. The fourth-order valence-electron chi connectivity index (χ4n) is 1.14. The summed E-state index contributed by atoms with van der Waals surface area (Å²) < 4.78 is 51.8. The van der Waals surface area contributed by atoms with Gasteiger partial charge in [0, 0.05) is 0 Å². The second kappa shape index (κ2) is 3.62. The molecule has 0 saturated carbocycles. The molecule has 2 aromatic carbocycles. The van der Waals surface area contributed by atoms with Gasteiger partial charge in [-0.25, -0.2) is 4.39 Å². The average Bonchev–Trinajstić information content (AvgIpc) is 2.38. The highest BCUT2D eigenvalue weighted by Gasteiger charge is 2.00. The fraction of sp³-hybridized carbons (Fsp3) is 0.0769. The van der Waals surface area contributed by atoms with Gasteiger partial charge in [0.2, 0.25) is 0 Å². The molecule has 0 bridgehead atoms. The number of aryl methyl sites for hydroxylation is 1. The summed E-state index contributed by atoms with van der Waals surface area (Å²) in [4.78, 5) is 0. The maximum absolute atomic E-state index is 13.6. The zero-order chi connectivity index (χ0) is 14.3. The van der Waals surface area contributed by atoms with Crippen LogP contribution in [0.25, 0.3) is 11.1 Å². The number of halogens is 1. The molecule has 0 amide bonds. The van der Waals surface area contributed by atoms with Gasteiger partial charge in [0.1, 0.15) is 5.82 Å². The molecule has 0 aliphatic heterocycles. The molecular formula is C13H11F. The van der Waals surface area contributed by atoms with E-state index < -0.39 is 23.9 Å². The van der Waals surface area contributed by atoms with Gasteiger partial charge in [-0.3, -0.25) is 0 Å². The molecule has 2 aromatic rings. The third-order valence-corrected chi connectivity index (χ3v) is 1.96. The van der Waals surface area contributed by atoms with E-state index in [1.807, 2.05) is 0 Å². The van der Waals surface area contributed by atoms with Crippen LogP contribution in [0, 0.1) is 12.7 Å². The summed E-state index contributed by atoms with van der Waals surface area (Å²) in [5, 5.41) is 0. The van der Waals surface area contributed by atoms with Gasteiger partial charge >= 0.3 is 0 Å². The minimum absolute atomic E-state index is 0.0184. The number of benzene rings is 2. The SMILES string of the molecule is [2H]c1c([2H])c([2H])c(-c2ccc(C)c(F)c2)c([2H])c1[2H]. The predicted molar refractivity (Wildman–Crippen MR) is 56.6 cm³/mol. The topological polar surface area (TPSA) is 0 Å². The van der Waals surface area contributed by atoms with E-state index in [-0.39, 0.29) is 23.2 Å². The third kappa shape index (κ3) is 1.67. The van der Waals surface area contributed by atoms with Gasteiger partial charge < -0.3 is 0 Å². The molecule has 14 heavy (non-hydrogen) atoms. The predicted octanol–water partition coefficient (Wildman–Crippen LogP) is 3.80. The van der Waals surface area contributed by atoms with Gasteiger partial charge in [-0.2, -0.15) is 0 Å². The highest BCUT2D eigenvalue weighted by Crippen LogP contribution is 2.20. The molecule has 0 aliphatic carbocycles. The van der Waals surface area contributed by atoms with Crippen molar-refractivity contribution in [3.8, 4) is 11.1 Å². The molecule has 0 aromatic heterocycles. The Morgan fingerprint density at radius 3 is 2.43 bits per heavy atom. The van der Waals surface area contributed by atoms with Crippen LogP contribution in [-0.4, -0.2) is 0 Å². The lowest BCUT2D eigenvalue weighted by atomic mass is 10.0. The first kappa shape index (κ1) is 4.74. The molecule has 0 N–H and O–H groups in total. The maximum atomic E-state index is 13.6. The minimum Gasteiger partial charge on any atom is -0.207 e. The van der Waals surface area contributed by atoms with Crippen molar-refractivity contribution in [3.63, 3.8) is 0 Å². The van der Waals surface area contributed by atoms with Crippen molar-refractivity contribution in [2.24, 2.45) is 0 Å². The van der Waals surface area contributed by atoms with Crippen LogP contribution in [0.1, 0.15) is 12.4 Å². The van der Waals surface area contributed by atoms with Gasteiger partial charge in [0.05, 0.1) is 6.85 Å².